The van der Waals surface area contributed by atoms with Crippen LogP contribution in [0.25, 0.3) is 0 Å². The molecule has 3 nitrogen and oxygen atoms in total. The van der Waals surface area contributed by atoms with E-state index < -0.39 is 5.97 Å². The molecule has 0 aromatic heterocycles. The minimum atomic E-state index is -0.960. The van der Waals surface area contributed by atoms with Gasteiger partial charge in [0, 0.05) is 10.9 Å². The number of carbonyl (C=O) groups is 1. The highest BCUT2D eigenvalue weighted by Crippen LogP contribution is 2.51. The summed E-state index contributed by atoms with van der Waals surface area (Å²) in [4.78, 5) is 11.3. The first-order valence-electron chi connectivity index (χ1n) is 7.80. The molecule has 0 saturated carbocycles. The molecule has 24 heavy (non-hydrogen) atoms. The molecule has 0 saturated heterocycles. The zero-order valence-electron chi connectivity index (χ0n) is 12.7. The van der Waals surface area contributed by atoms with Crippen molar-refractivity contribution in [1.82, 2.24) is 0 Å². The van der Waals surface area contributed by atoms with Gasteiger partial charge in [-0.05, 0) is 47.7 Å². The van der Waals surface area contributed by atoms with Crippen LogP contribution in [0.3, 0.4) is 0 Å². The lowest BCUT2D eigenvalue weighted by atomic mass is 9.76. The number of anilines is 1. The van der Waals surface area contributed by atoms with Gasteiger partial charge in [-0.2, -0.15) is 0 Å². The van der Waals surface area contributed by atoms with E-state index in [2.05, 4.69) is 17.5 Å². The quantitative estimate of drug-likeness (QED) is 0.694. The highest BCUT2D eigenvalue weighted by atomic mass is 35.5. The van der Waals surface area contributed by atoms with E-state index in [4.69, 9.17) is 23.2 Å². The van der Waals surface area contributed by atoms with Gasteiger partial charge in [0.25, 0.3) is 0 Å². The van der Waals surface area contributed by atoms with Crippen molar-refractivity contribution in [2.24, 2.45) is 5.92 Å². The second kappa shape index (κ2) is 5.83. The molecule has 0 amide bonds. The molecule has 2 N–H and O–H groups in total. The summed E-state index contributed by atoms with van der Waals surface area (Å²) < 4.78 is 0. The van der Waals surface area contributed by atoms with Crippen LogP contribution in [0.15, 0.2) is 48.6 Å². The monoisotopic (exact) mass is 359 g/mol. The molecule has 0 unspecified atom stereocenters. The van der Waals surface area contributed by atoms with Crippen molar-refractivity contribution in [3.63, 3.8) is 0 Å². The lowest BCUT2D eigenvalue weighted by Gasteiger charge is -2.38. The Kier molecular flexibility index (Phi) is 3.78. The summed E-state index contributed by atoms with van der Waals surface area (Å²) in [6.45, 7) is 0. The number of allylic oxidation sites excluding steroid dienone is 2. The average molecular weight is 360 g/mol. The summed E-state index contributed by atoms with van der Waals surface area (Å²) in [6.07, 6.45) is 5.27. The van der Waals surface area contributed by atoms with Crippen molar-refractivity contribution >= 4 is 34.9 Å². The van der Waals surface area contributed by atoms with Gasteiger partial charge < -0.3 is 10.4 Å². The van der Waals surface area contributed by atoms with E-state index in [-0.39, 0.29) is 17.5 Å². The third kappa shape index (κ3) is 2.48. The van der Waals surface area contributed by atoms with Crippen LogP contribution < -0.4 is 5.32 Å². The molecule has 1 aliphatic heterocycles. The number of hydrogen-bond donors (Lipinski definition) is 2. The molecule has 5 heteroatoms. The molecule has 0 fully saturated rings. The third-order valence-electron chi connectivity index (χ3n) is 4.90. The number of hydrogen-bond acceptors (Lipinski definition) is 2. The number of fused-ring (bicyclic) bond motifs is 3. The summed E-state index contributed by atoms with van der Waals surface area (Å²) in [5.74, 6) is -0.462. The van der Waals surface area contributed by atoms with Crippen LogP contribution in [0.5, 0.6) is 0 Å². The number of carboxylic acid groups (broad SMARTS) is 1. The minimum absolute atomic E-state index is 0.114. The van der Waals surface area contributed by atoms with Crippen molar-refractivity contribution in [3.05, 3.63) is 75.3 Å². The Bertz CT molecular complexity index is 845. The van der Waals surface area contributed by atoms with Crippen LogP contribution in [-0.2, 0) is 0 Å². The summed E-state index contributed by atoms with van der Waals surface area (Å²) in [6, 6.07) is 11.2. The molecule has 3 atom stereocenters. The normalized spacial score (nSPS) is 24.2. The molecular formula is C19H15Cl2NO2. The van der Waals surface area contributed by atoms with Gasteiger partial charge >= 0.3 is 5.97 Å². The lowest BCUT2D eigenvalue weighted by Crippen LogP contribution is -2.29. The van der Waals surface area contributed by atoms with Gasteiger partial charge in [0.2, 0.25) is 0 Å². The second-order valence-electron chi connectivity index (χ2n) is 6.25. The fraction of sp³-hybridized carbons (Fsp3) is 0.211. The number of rotatable bonds is 2. The number of aromatic carboxylic acids is 1. The smallest absolute Gasteiger partial charge is 0.335 e. The maximum atomic E-state index is 11.3. The number of benzene rings is 2. The Morgan fingerprint density at radius 1 is 1.17 bits per heavy atom. The van der Waals surface area contributed by atoms with Crippen molar-refractivity contribution in [1.29, 1.82) is 0 Å². The van der Waals surface area contributed by atoms with Crippen LogP contribution in [0, 0.1) is 5.92 Å². The molecule has 2 aromatic carbocycles. The predicted octanol–water partition coefficient (Wildman–Crippen LogP) is 5.52. The highest BCUT2D eigenvalue weighted by molar-refractivity contribution is 6.34. The van der Waals surface area contributed by atoms with E-state index >= 15 is 0 Å². The number of halogens is 2. The van der Waals surface area contributed by atoms with Crippen molar-refractivity contribution < 1.29 is 9.90 Å². The zero-order chi connectivity index (χ0) is 16.8. The van der Waals surface area contributed by atoms with Crippen LogP contribution >= 0.6 is 23.2 Å². The molecular weight excluding hydrogens is 345 g/mol. The molecule has 2 aliphatic rings. The van der Waals surface area contributed by atoms with E-state index in [9.17, 15) is 9.90 Å². The first-order chi connectivity index (χ1) is 11.5. The topological polar surface area (TPSA) is 49.3 Å². The van der Waals surface area contributed by atoms with Crippen molar-refractivity contribution in [2.45, 2.75) is 18.4 Å². The predicted molar refractivity (Wildman–Crippen MR) is 96.2 cm³/mol. The molecule has 122 valence electrons. The Hall–Kier alpha value is -1.97. The zero-order valence-corrected chi connectivity index (χ0v) is 14.2. The Labute approximate surface area is 149 Å². The molecule has 4 rings (SSSR count). The minimum Gasteiger partial charge on any atom is -0.478 e. The van der Waals surface area contributed by atoms with Gasteiger partial charge in [-0.25, -0.2) is 4.79 Å². The van der Waals surface area contributed by atoms with E-state index in [1.54, 1.807) is 6.07 Å². The molecule has 0 bridgehead atoms. The van der Waals surface area contributed by atoms with Gasteiger partial charge in [0.05, 0.1) is 22.3 Å². The van der Waals surface area contributed by atoms with Gasteiger partial charge in [0.15, 0.2) is 0 Å². The van der Waals surface area contributed by atoms with Crippen molar-refractivity contribution in [2.75, 3.05) is 5.32 Å². The first-order valence-corrected chi connectivity index (χ1v) is 8.55. The van der Waals surface area contributed by atoms with Crippen LogP contribution in [-0.4, -0.2) is 11.1 Å². The van der Waals surface area contributed by atoms with Crippen LogP contribution in [0.1, 0.15) is 39.9 Å². The van der Waals surface area contributed by atoms with E-state index in [0.717, 1.165) is 23.2 Å². The SMILES string of the molecule is O=C(O)c1cc(Cl)c2c(c1)[C@@H]1C=CC[C@H]1[C@H](c1ccc(Cl)cc1)N2. The van der Waals surface area contributed by atoms with Crippen molar-refractivity contribution in [3.8, 4) is 0 Å². The molecule has 1 aliphatic carbocycles. The summed E-state index contributed by atoms with van der Waals surface area (Å²) in [7, 11) is 0. The van der Waals surface area contributed by atoms with Crippen LogP contribution in [0.2, 0.25) is 10.0 Å². The van der Waals surface area contributed by atoms with Gasteiger partial charge in [-0.15, -0.1) is 0 Å². The van der Waals surface area contributed by atoms with E-state index in [1.807, 2.05) is 24.3 Å². The van der Waals surface area contributed by atoms with Gasteiger partial charge in [-0.1, -0.05) is 47.5 Å². The fourth-order valence-electron chi connectivity index (χ4n) is 3.78. The van der Waals surface area contributed by atoms with Crippen LogP contribution in [0.4, 0.5) is 5.69 Å². The summed E-state index contributed by atoms with van der Waals surface area (Å²) in [5, 5.41) is 14.0. The first kappa shape index (κ1) is 15.6. The summed E-state index contributed by atoms with van der Waals surface area (Å²) >= 11 is 12.4. The molecule has 0 spiro atoms. The molecule has 0 radical (unpaired) electrons. The Balaban J connectivity index is 1.82. The second-order valence-corrected chi connectivity index (χ2v) is 7.10. The molecule has 2 aromatic rings. The maximum Gasteiger partial charge on any atom is 0.335 e. The Morgan fingerprint density at radius 2 is 1.92 bits per heavy atom. The highest BCUT2D eigenvalue weighted by Gasteiger charge is 2.39. The van der Waals surface area contributed by atoms with E-state index in [0.29, 0.717) is 16.0 Å². The van der Waals surface area contributed by atoms with Gasteiger partial charge in [0.1, 0.15) is 0 Å². The van der Waals surface area contributed by atoms with E-state index in [1.165, 1.54) is 6.07 Å². The standard InChI is InChI=1S/C19H15Cl2NO2/c20-12-6-4-10(5-7-12)17-14-3-1-2-13(14)15-8-11(19(23)24)9-16(21)18(15)22-17/h1-2,4-9,13-14,17,22H,3H2,(H,23,24)/t13-,14-,17+/m1/s1. The summed E-state index contributed by atoms with van der Waals surface area (Å²) in [5.41, 5.74) is 3.17. The molecule has 1 heterocycles. The maximum absolute atomic E-state index is 11.3. The van der Waals surface area contributed by atoms with Gasteiger partial charge in [-0.3, -0.25) is 0 Å². The lowest BCUT2D eigenvalue weighted by molar-refractivity contribution is 0.0696. The number of nitrogens with one attached hydrogen (secondary N) is 1. The number of carboxylic acids is 1. The average Bonchev–Trinajstić information content (AvgIpc) is 3.05. The Morgan fingerprint density at radius 3 is 2.62 bits per heavy atom. The largest absolute Gasteiger partial charge is 0.478 e. The third-order valence-corrected chi connectivity index (χ3v) is 5.45. The fourth-order valence-corrected chi connectivity index (χ4v) is 4.19.